The summed E-state index contributed by atoms with van der Waals surface area (Å²) in [4.78, 5) is 10.00. The molecule has 114 valence electrons. The quantitative estimate of drug-likeness (QED) is 0.898. The molecule has 0 aromatic carbocycles. The number of hydrogen-bond acceptors (Lipinski definition) is 5. The molecule has 3 rings (SSSR count). The molecule has 0 spiro atoms. The summed E-state index contributed by atoms with van der Waals surface area (Å²) >= 11 is 0. The van der Waals surface area contributed by atoms with Gasteiger partial charge in [-0.1, -0.05) is 0 Å². The number of nitrogens with zero attached hydrogens (tertiary/aromatic N) is 5. The highest BCUT2D eigenvalue weighted by Crippen LogP contribution is 2.32. The minimum Gasteiger partial charge on any atom is -0.380 e. The number of imidazole rings is 1. The van der Waals surface area contributed by atoms with E-state index in [0.29, 0.717) is 0 Å². The van der Waals surface area contributed by atoms with Crippen molar-refractivity contribution in [2.45, 2.75) is 45.5 Å². The van der Waals surface area contributed by atoms with E-state index >= 15 is 0 Å². The number of H-pyrrole nitrogens is 1. The molecular weight excluding hydrogens is 268 g/mol. The Labute approximate surface area is 124 Å². The van der Waals surface area contributed by atoms with Crippen LogP contribution in [-0.2, 0) is 17.8 Å². The first-order valence-corrected chi connectivity index (χ1v) is 7.37. The van der Waals surface area contributed by atoms with Gasteiger partial charge in [-0.05, 0) is 20.3 Å². The number of hydrogen-bond donors (Lipinski definition) is 1. The molecular formula is C14H22N6O. The zero-order valence-corrected chi connectivity index (χ0v) is 12.8. The van der Waals surface area contributed by atoms with E-state index in [-0.39, 0.29) is 12.1 Å². The van der Waals surface area contributed by atoms with E-state index in [4.69, 9.17) is 4.74 Å². The Kier molecular flexibility index (Phi) is 4.03. The van der Waals surface area contributed by atoms with Gasteiger partial charge in [0.25, 0.3) is 0 Å². The largest absolute Gasteiger partial charge is 0.380 e. The van der Waals surface area contributed by atoms with Gasteiger partial charge in [-0.25, -0.2) is 4.98 Å². The topological polar surface area (TPSA) is 71.9 Å². The summed E-state index contributed by atoms with van der Waals surface area (Å²) in [6.07, 6.45) is 4.85. The molecule has 0 saturated carbocycles. The molecule has 1 aliphatic heterocycles. The van der Waals surface area contributed by atoms with Crippen LogP contribution in [0.25, 0.3) is 0 Å². The first kappa shape index (κ1) is 14.2. The van der Waals surface area contributed by atoms with Crippen LogP contribution >= 0.6 is 0 Å². The van der Waals surface area contributed by atoms with Gasteiger partial charge >= 0.3 is 0 Å². The summed E-state index contributed by atoms with van der Waals surface area (Å²) < 4.78 is 7.70. The van der Waals surface area contributed by atoms with Crippen molar-refractivity contribution in [3.63, 3.8) is 0 Å². The van der Waals surface area contributed by atoms with E-state index in [1.165, 1.54) is 0 Å². The molecule has 1 unspecified atom stereocenters. The summed E-state index contributed by atoms with van der Waals surface area (Å²) in [7, 11) is 1.77. The lowest BCUT2D eigenvalue weighted by molar-refractivity contribution is 0.106. The molecule has 2 aromatic rings. The predicted octanol–water partition coefficient (Wildman–Crippen LogP) is 1.29. The number of aromatic nitrogens is 5. The molecule has 7 heteroatoms. The third-order valence-electron chi connectivity index (χ3n) is 4.21. The van der Waals surface area contributed by atoms with Crippen LogP contribution in [0.5, 0.6) is 0 Å². The van der Waals surface area contributed by atoms with Gasteiger partial charge in [-0.2, -0.15) is 0 Å². The van der Waals surface area contributed by atoms with Crippen molar-refractivity contribution in [2.75, 3.05) is 13.7 Å². The van der Waals surface area contributed by atoms with Gasteiger partial charge in [0.2, 0.25) is 0 Å². The Hall–Kier alpha value is -1.73. The maximum atomic E-state index is 5.54. The van der Waals surface area contributed by atoms with E-state index < -0.39 is 0 Å². The average Bonchev–Trinajstić information content (AvgIpc) is 3.19. The first-order valence-electron chi connectivity index (χ1n) is 7.37. The number of rotatable bonds is 5. The molecule has 2 atom stereocenters. The molecule has 1 N–H and O–H groups in total. The van der Waals surface area contributed by atoms with Crippen molar-refractivity contribution in [2.24, 2.45) is 0 Å². The van der Waals surface area contributed by atoms with Gasteiger partial charge in [0, 0.05) is 32.6 Å². The lowest BCUT2D eigenvalue weighted by Crippen LogP contribution is -2.27. The van der Waals surface area contributed by atoms with Gasteiger partial charge < -0.3 is 14.3 Å². The molecule has 1 saturated heterocycles. The second-order valence-corrected chi connectivity index (χ2v) is 5.42. The molecule has 1 fully saturated rings. The molecule has 0 radical (unpaired) electrons. The van der Waals surface area contributed by atoms with Gasteiger partial charge in [0.15, 0.2) is 0 Å². The Morgan fingerprint density at radius 3 is 2.95 bits per heavy atom. The molecule has 2 aromatic heterocycles. The van der Waals surface area contributed by atoms with Crippen molar-refractivity contribution in [3.8, 4) is 0 Å². The highest BCUT2D eigenvalue weighted by molar-refractivity contribution is 5.04. The van der Waals surface area contributed by atoms with Crippen molar-refractivity contribution in [1.29, 1.82) is 0 Å². The van der Waals surface area contributed by atoms with E-state index in [0.717, 1.165) is 43.5 Å². The standard InChI is InChI=1S/C14H22N6O/c1-4-20-10(2)17-18-13(20)9-19-8-11(21-3)7-12(19)14-15-5-6-16-14/h5-6,11-12H,4,7-9H2,1-3H3,(H,15,16)/t11-,12?/m1/s1. The zero-order valence-electron chi connectivity index (χ0n) is 12.8. The Balaban J connectivity index is 1.81. The van der Waals surface area contributed by atoms with Crippen LogP contribution in [0.15, 0.2) is 12.4 Å². The van der Waals surface area contributed by atoms with Gasteiger partial charge in [0.05, 0.1) is 18.7 Å². The molecule has 0 bridgehead atoms. The minimum atomic E-state index is 0.235. The van der Waals surface area contributed by atoms with Crippen LogP contribution in [0.4, 0.5) is 0 Å². The fraction of sp³-hybridized carbons (Fsp3) is 0.643. The summed E-state index contributed by atoms with van der Waals surface area (Å²) in [6.45, 7) is 6.65. The SMILES string of the molecule is CCn1c(C)nnc1CN1C[C@H](OC)CC1c1ncc[nH]1. The van der Waals surface area contributed by atoms with E-state index in [9.17, 15) is 0 Å². The molecule has 1 aliphatic rings. The smallest absolute Gasteiger partial charge is 0.147 e. The van der Waals surface area contributed by atoms with E-state index in [1.54, 1.807) is 13.3 Å². The Morgan fingerprint density at radius 2 is 2.29 bits per heavy atom. The number of nitrogens with one attached hydrogen (secondary N) is 1. The van der Waals surface area contributed by atoms with Crippen LogP contribution in [-0.4, -0.2) is 49.4 Å². The maximum Gasteiger partial charge on any atom is 0.147 e. The van der Waals surface area contributed by atoms with Crippen LogP contribution < -0.4 is 0 Å². The molecule has 7 nitrogen and oxygen atoms in total. The monoisotopic (exact) mass is 290 g/mol. The third kappa shape index (κ3) is 2.71. The maximum absolute atomic E-state index is 5.54. The van der Waals surface area contributed by atoms with Gasteiger partial charge in [0.1, 0.15) is 17.5 Å². The molecule has 3 heterocycles. The van der Waals surface area contributed by atoms with E-state index in [1.807, 2.05) is 13.1 Å². The number of aromatic amines is 1. The van der Waals surface area contributed by atoms with Gasteiger partial charge in [-0.15, -0.1) is 10.2 Å². The third-order valence-corrected chi connectivity index (χ3v) is 4.21. The molecule has 0 amide bonds. The normalized spacial score (nSPS) is 23.0. The summed E-state index contributed by atoms with van der Waals surface area (Å²) in [5.74, 6) is 2.96. The molecule has 0 aliphatic carbocycles. The summed E-state index contributed by atoms with van der Waals surface area (Å²) in [5, 5.41) is 8.50. The first-order chi connectivity index (χ1) is 10.2. The summed E-state index contributed by atoms with van der Waals surface area (Å²) in [6, 6.07) is 0.243. The van der Waals surface area contributed by atoms with E-state index in [2.05, 4.69) is 36.6 Å². The van der Waals surface area contributed by atoms with Crippen LogP contribution in [0.3, 0.4) is 0 Å². The van der Waals surface area contributed by atoms with Crippen molar-refractivity contribution < 1.29 is 4.74 Å². The average molecular weight is 290 g/mol. The zero-order chi connectivity index (χ0) is 14.8. The van der Waals surface area contributed by atoms with Crippen molar-refractivity contribution in [3.05, 3.63) is 29.9 Å². The fourth-order valence-corrected chi connectivity index (χ4v) is 3.09. The minimum absolute atomic E-state index is 0.235. The Morgan fingerprint density at radius 1 is 1.43 bits per heavy atom. The lowest BCUT2D eigenvalue weighted by atomic mass is 10.2. The highest BCUT2D eigenvalue weighted by Gasteiger charge is 2.35. The predicted molar refractivity (Wildman–Crippen MR) is 77.6 cm³/mol. The van der Waals surface area contributed by atoms with Gasteiger partial charge in [-0.3, -0.25) is 4.90 Å². The number of methoxy groups -OCH3 is 1. The summed E-state index contributed by atoms with van der Waals surface area (Å²) in [5.41, 5.74) is 0. The second-order valence-electron chi connectivity index (χ2n) is 5.42. The highest BCUT2D eigenvalue weighted by atomic mass is 16.5. The fourth-order valence-electron chi connectivity index (χ4n) is 3.09. The molecule has 21 heavy (non-hydrogen) atoms. The number of likely N-dealkylation sites (tertiary alicyclic amines) is 1. The number of ether oxygens (including phenoxy) is 1. The van der Waals surface area contributed by atoms with Crippen LogP contribution in [0.2, 0.25) is 0 Å². The van der Waals surface area contributed by atoms with Crippen molar-refractivity contribution in [1.82, 2.24) is 29.6 Å². The Bertz CT molecular complexity index is 578. The van der Waals surface area contributed by atoms with Crippen LogP contribution in [0, 0.1) is 6.92 Å². The van der Waals surface area contributed by atoms with Crippen LogP contribution in [0.1, 0.15) is 36.9 Å². The lowest BCUT2D eigenvalue weighted by Gasteiger charge is -2.22. The van der Waals surface area contributed by atoms with Crippen molar-refractivity contribution >= 4 is 0 Å². The number of aryl methyl sites for hydroxylation is 1. The second kappa shape index (κ2) is 5.95.